The van der Waals surface area contributed by atoms with Crippen LogP contribution in [0.15, 0.2) is 12.1 Å². The van der Waals surface area contributed by atoms with Crippen LogP contribution in [0.2, 0.25) is 0 Å². The van der Waals surface area contributed by atoms with E-state index in [0.717, 1.165) is 25.0 Å². The molecule has 0 aromatic heterocycles. The molecule has 0 radical (unpaired) electrons. The SMILES string of the molecule is NC1(CCc2c(F)ccc([N+](=O)[O-])c2F)CC1. The molecule has 0 amide bonds. The summed E-state index contributed by atoms with van der Waals surface area (Å²) in [7, 11) is 0. The number of rotatable bonds is 4. The van der Waals surface area contributed by atoms with Crippen LogP contribution in [0.5, 0.6) is 0 Å². The van der Waals surface area contributed by atoms with E-state index >= 15 is 0 Å². The molecule has 1 aliphatic rings. The average Bonchev–Trinajstić information content (AvgIpc) is 2.96. The van der Waals surface area contributed by atoms with E-state index in [4.69, 9.17) is 5.73 Å². The van der Waals surface area contributed by atoms with E-state index in [0.29, 0.717) is 6.42 Å². The lowest BCUT2D eigenvalue weighted by Gasteiger charge is -2.09. The molecular formula is C11H12F2N2O2. The van der Waals surface area contributed by atoms with E-state index in [-0.39, 0.29) is 17.5 Å². The van der Waals surface area contributed by atoms with Gasteiger partial charge in [-0.15, -0.1) is 0 Å². The first kappa shape index (κ1) is 11.9. The molecule has 0 atom stereocenters. The minimum Gasteiger partial charge on any atom is -0.325 e. The van der Waals surface area contributed by atoms with Crippen molar-refractivity contribution in [3.63, 3.8) is 0 Å². The maximum atomic E-state index is 13.7. The molecule has 1 aliphatic carbocycles. The molecule has 1 aromatic carbocycles. The largest absolute Gasteiger partial charge is 0.325 e. The van der Waals surface area contributed by atoms with Gasteiger partial charge in [0.15, 0.2) is 0 Å². The van der Waals surface area contributed by atoms with Gasteiger partial charge in [0.05, 0.1) is 4.92 Å². The van der Waals surface area contributed by atoms with E-state index in [2.05, 4.69) is 0 Å². The molecule has 1 fully saturated rings. The van der Waals surface area contributed by atoms with E-state index in [1.54, 1.807) is 0 Å². The Hall–Kier alpha value is -1.56. The Morgan fingerprint density at radius 2 is 2.06 bits per heavy atom. The Morgan fingerprint density at radius 1 is 1.41 bits per heavy atom. The minimum absolute atomic E-state index is 0.0931. The summed E-state index contributed by atoms with van der Waals surface area (Å²) < 4.78 is 27.0. The third-order valence-corrected chi connectivity index (χ3v) is 3.13. The zero-order valence-electron chi connectivity index (χ0n) is 9.08. The molecule has 2 rings (SSSR count). The van der Waals surface area contributed by atoms with Crippen molar-refractivity contribution in [3.05, 3.63) is 39.4 Å². The van der Waals surface area contributed by atoms with Gasteiger partial charge in [-0.3, -0.25) is 10.1 Å². The Labute approximate surface area is 96.6 Å². The highest BCUT2D eigenvalue weighted by atomic mass is 19.1. The quantitative estimate of drug-likeness (QED) is 0.650. The number of nitro benzene ring substituents is 1. The lowest BCUT2D eigenvalue weighted by Crippen LogP contribution is -2.22. The third kappa shape index (κ3) is 2.41. The van der Waals surface area contributed by atoms with Crippen LogP contribution in [-0.2, 0) is 6.42 Å². The van der Waals surface area contributed by atoms with E-state index < -0.39 is 22.2 Å². The molecule has 17 heavy (non-hydrogen) atoms. The Balaban J connectivity index is 2.25. The standard InChI is InChI=1S/C11H12F2N2O2/c12-8-1-2-9(15(16)17)10(13)7(8)3-4-11(14)5-6-11/h1-2H,3-6,14H2. The topological polar surface area (TPSA) is 69.2 Å². The molecule has 0 saturated heterocycles. The van der Waals surface area contributed by atoms with Gasteiger partial charge >= 0.3 is 5.69 Å². The summed E-state index contributed by atoms with van der Waals surface area (Å²) in [6.45, 7) is 0. The van der Waals surface area contributed by atoms with Gasteiger partial charge in [-0.05, 0) is 31.7 Å². The highest BCUT2D eigenvalue weighted by molar-refractivity contribution is 5.38. The van der Waals surface area contributed by atoms with Gasteiger partial charge in [0.25, 0.3) is 0 Å². The first-order valence-electron chi connectivity index (χ1n) is 5.33. The molecule has 1 aromatic rings. The second-order valence-corrected chi connectivity index (χ2v) is 4.48. The molecule has 2 N–H and O–H groups in total. The molecule has 0 aliphatic heterocycles. The number of hydrogen-bond acceptors (Lipinski definition) is 3. The van der Waals surface area contributed by atoms with Crippen LogP contribution in [0, 0.1) is 21.7 Å². The summed E-state index contributed by atoms with van der Waals surface area (Å²) in [4.78, 5) is 9.66. The predicted octanol–water partition coefficient (Wildman–Crippen LogP) is 2.30. The van der Waals surface area contributed by atoms with Gasteiger partial charge in [-0.1, -0.05) is 0 Å². The smallest absolute Gasteiger partial charge is 0.305 e. The summed E-state index contributed by atoms with van der Waals surface area (Å²) in [5.74, 6) is -1.84. The van der Waals surface area contributed by atoms with Gasteiger partial charge in [-0.25, -0.2) is 4.39 Å². The van der Waals surface area contributed by atoms with E-state index in [9.17, 15) is 18.9 Å². The van der Waals surface area contributed by atoms with Crippen LogP contribution in [0.3, 0.4) is 0 Å². The molecular weight excluding hydrogens is 230 g/mol. The fourth-order valence-corrected chi connectivity index (χ4v) is 1.74. The monoisotopic (exact) mass is 242 g/mol. The van der Waals surface area contributed by atoms with Crippen LogP contribution >= 0.6 is 0 Å². The number of hydrogen-bond donors (Lipinski definition) is 1. The Bertz CT molecular complexity index is 473. The molecule has 6 heteroatoms. The summed E-state index contributed by atoms with van der Waals surface area (Å²) >= 11 is 0. The molecule has 92 valence electrons. The maximum absolute atomic E-state index is 13.7. The van der Waals surface area contributed by atoms with Crippen molar-refractivity contribution in [2.75, 3.05) is 0 Å². The zero-order valence-corrected chi connectivity index (χ0v) is 9.08. The summed E-state index contributed by atoms with van der Waals surface area (Å²) in [6, 6.07) is 1.76. The van der Waals surface area contributed by atoms with E-state index in [1.807, 2.05) is 0 Å². The second-order valence-electron chi connectivity index (χ2n) is 4.48. The molecule has 0 heterocycles. The molecule has 4 nitrogen and oxygen atoms in total. The van der Waals surface area contributed by atoms with Crippen molar-refractivity contribution in [3.8, 4) is 0 Å². The lowest BCUT2D eigenvalue weighted by molar-refractivity contribution is -0.387. The second kappa shape index (κ2) is 4.03. The predicted molar refractivity (Wildman–Crippen MR) is 57.5 cm³/mol. The Kier molecular flexibility index (Phi) is 2.82. The highest BCUT2D eigenvalue weighted by Gasteiger charge is 2.38. The molecule has 0 bridgehead atoms. The number of benzene rings is 1. The zero-order chi connectivity index (χ0) is 12.6. The number of halogens is 2. The summed E-state index contributed by atoms with van der Waals surface area (Å²) in [5.41, 5.74) is 4.55. The fraction of sp³-hybridized carbons (Fsp3) is 0.455. The van der Waals surface area contributed by atoms with Crippen molar-refractivity contribution in [1.82, 2.24) is 0 Å². The van der Waals surface area contributed by atoms with Crippen molar-refractivity contribution in [2.45, 2.75) is 31.2 Å². The van der Waals surface area contributed by atoms with Gasteiger partial charge in [-0.2, -0.15) is 4.39 Å². The summed E-state index contributed by atoms with van der Waals surface area (Å²) in [6.07, 6.45) is 2.22. The first-order chi connectivity index (χ1) is 7.93. The lowest BCUT2D eigenvalue weighted by atomic mass is 10.0. The van der Waals surface area contributed by atoms with Crippen LogP contribution in [0.4, 0.5) is 14.5 Å². The average molecular weight is 242 g/mol. The van der Waals surface area contributed by atoms with Crippen LogP contribution in [0.1, 0.15) is 24.8 Å². The normalized spacial score (nSPS) is 16.9. The number of nitrogens with zero attached hydrogens (tertiary/aromatic N) is 1. The van der Waals surface area contributed by atoms with Gasteiger partial charge in [0.1, 0.15) is 5.82 Å². The van der Waals surface area contributed by atoms with Crippen LogP contribution < -0.4 is 5.73 Å². The van der Waals surface area contributed by atoms with Crippen molar-refractivity contribution < 1.29 is 13.7 Å². The summed E-state index contributed by atoms with van der Waals surface area (Å²) in [5, 5.41) is 10.5. The number of nitro groups is 1. The third-order valence-electron chi connectivity index (χ3n) is 3.13. The minimum atomic E-state index is -1.08. The van der Waals surface area contributed by atoms with Crippen molar-refractivity contribution in [1.29, 1.82) is 0 Å². The fourth-order valence-electron chi connectivity index (χ4n) is 1.74. The van der Waals surface area contributed by atoms with Crippen molar-refractivity contribution >= 4 is 5.69 Å². The van der Waals surface area contributed by atoms with Crippen molar-refractivity contribution in [2.24, 2.45) is 5.73 Å². The highest BCUT2D eigenvalue weighted by Crippen LogP contribution is 2.37. The molecule has 1 saturated carbocycles. The first-order valence-corrected chi connectivity index (χ1v) is 5.33. The maximum Gasteiger partial charge on any atom is 0.305 e. The van der Waals surface area contributed by atoms with Gasteiger partial charge < -0.3 is 5.73 Å². The van der Waals surface area contributed by atoms with Crippen LogP contribution in [0.25, 0.3) is 0 Å². The van der Waals surface area contributed by atoms with Gasteiger partial charge in [0.2, 0.25) is 5.82 Å². The van der Waals surface area contributed by atoms with Crippen LogP contribution in [-0.4, -0.2) is 10.5 Å². The molecule has 0 unspecified atom stereocenters. The van der Waals surface area contributed by atoms with Gasteiger partial charge in [0, 0.05) is 17.2 Å². The van der Waals surface area contributed by atoms with E-state index in [1.165, 1.54) is 0 Å². The Morgan fingerprint density at radius 3 is 2.59 bits per heavy atom. The number of nitrogens with two attached hydrogens (primary N) is 1. The molecule has 0 spiro atoms.